The van der Waals surface area contributed by atoms with Crippen LogP contribution in [0.3, 0.4) is 0 Å². The molecule has 0 saturated heterocycles. The molecule has 0 radical (unpaired) electrons. The molecule has 0 fully saturated rings. The Labute approximate surface area is 145 Å². The molecule has 0 bridgehead atoms. The van der Waals surface area contributed by atoms with Crippen molar-refractivity contribution < 1.29 is 4.79 Å². The highest BCUT2D eigenvalue weighted by Crippen LogP contribution is 2.29. The van der Waals surface area contributed by atoms with Gasteiger partial charge in [-0.1, -0.05) is 35.5 Å². The molecule has 0 aliphatic carbocycles. The lowest BCUT2D eigenvalue weighted by Gasteiger charge is -2.15. The minimum Gasteiger partial charge on any atom is -0.340 e. The number of aromatic nitrogens is 1. The zero-order valence-corrected chi connectivity index (χ0v) is 15.0. The van der Waals surface area contributed by atoms with E-state index < -0.39 is 0 Å². The van der Waals surface area contributed by atoms with Crippen molar-refractivity contribution in [2.75, 3.05) is 12.8 Å². The van der Waals surface area contributed by atoms with Crippen LogP contribution in [-0.2, 0) is 11.3 Å². The van der Waals surface area contributed by atoms with E-state index in [1.807, 2.05) is 43.4 Å². The number of thioether (sulfide) groups is 1. The zero-order chi connectivity index (χ0) is 15.5. The smallest absolute Gasteiger partial charge is 0.233 e. The molecule has 0 atom stereocenters. The molecule has 3 nitrogen and oxygen atoms in total. The number of halogens is 1. The topological polar surface area (TPSA) is 33.2 Å². The molecule has 3 aromatic rings. The van der Waals surface area contributed by atoms with Crippen LogP contribution in [0.5, 0.6) is 0 Å². The number of hydrogen-bond donors (Lipinski definition) is 0. The van der Waals surface area contributed by atoms with Crippen molar-refractivity contribution in [1.29, 1.82) is 0 Å². The van der Waals surface area contributed by atoms with Gasteiger partial charge in [0, 0.05) is 11.9 Å². The molecule has 0 aliphatic rings. The highest BCUT2D eigenvalue weighted by atomic mass is 35.5. The molecule has 0 spiro atoms. The lowest BCUT2D eigenvalue weighted by Crippen LogP contribution is -2.27. The van der Waals surface area contributed by atoms with Gasteiger partial charge in [-0.2, -0.15) is 0 Å². The minimum absolute atomic E-state index is 0.0915. The van der Waals surface area contributed by atoms with E-state index in [-0.39, 0.29) is 5.91 Å². The van der Waals surface area contributed by atoms with Crippen molar-refractivity contribution in [3.05, 3.63) is 45.6 Å². The number of hydrogen-bond acceptors (Lipinski definition) is 5. The van der Waals surface area contributed by atoms with E-state index in [1.54, 1.807) is 16.2 Å². The number of carbonyl (C=O) groups is 1. The van der Waals surface area contributed by atoms with Crippen LogP contribution in [0.15, 0.2) is 40.7 Å². The van der Waals surface area contributed by atoms with Crippen molar-refractivity contribution in [3.8, 4) is 0 Å². The SMILES string of the molecule is CN(Cc1ccc(Cl)s1)C(=O)CSc1nc2ccccc2s1. The molecule has 114 valence electrons. The van der Waals surface area contributed by atoms with Gasteiger partial charge >= 0.3 is 0 Å². The molecule has 7 heteroatoms. The van der Waals surface area contributed by atoms with Gasteiger partial charge in [-0.15, -0.1) is 22.7 Å². The van der Waals surface area contributed by atoms with Crippen LogP contribution in [0, 0.1) is 0 Å². The zero-order valence-electron chi connectivity index (χ0n) is 11.8. The predicted molar refractivity (Wildman–Crippen MR) is 96.1 cm³/mol. The summed E-state index contributed by atoms with van der Waals surface area (Å²) in [5.74, 6) is 0.490. The molecular formula is C15H13ClN2OS3. The molecule has 2 aromatic heterocycles. The number of para-hydroxylation sites is 1. The lowest BCUT2D eigenvalue weighted by atomic mass is 10.3. The molecule has 22 heavy (non-hydrogen) atoms. The number of fused-ring (bicyclic) bond motifs is 1. The van der Waals surface area contributed by atoms with Gasteiger partial charge in [0.05, 0.1) is 26.9 Å². The number of thiophene rings is 1. The highest BCUT2D eigenvalue weighted by molar-refractivity contribution is 8.01. The second-order valence-corrected chi connectivity index (χ2v) is 8.74. The molecule has 1 aromatic carbocycles. The third-order valence-electron chi connectivity index (χ3n) is 3.04. The molecule has 3 rings (SSSR count). The van der Waals surface area contributed by atoms with Crippen molar-refractivity contribution in [3.63, 3.8) is 0 Å². The third kappa shape index (κ3) is 3.81. The summed E-state index contributed by atoms with van der Waals surface area (Å²) in [5, 5.41) is 0. The van der Waals surface area contributed by atoms with Gasteiger partial charge in [-0.05, 0) is 24.3 Å². The Morgan fingerprint density at radius 3 is 2.82 bits per heavy atom. The van der Waals surface area contributed by atoms with E-state index in [2.05, 4.69) is 4.98 Å². The Morgan fingerprint density at radius 2 is 2.09 bits per heavy atom. The molecule has 0 aliphatic heterocycles. The quantitative estimate of drug-likeness (QED) is 0.608. The van der Waals surface area contributed by atoms with E-state index in [0.29, 0.717) is 12.3 Å². The fourth-order valence-corrected chi connectivity index (χ4v) is 5.06. The van der Waals surface area contributed by atoms with Crippen LogP contribution in [0.4, 0.5) is 0 Å². The van der Waals surface area contributed by atoms with Crippen molar-refractivity contribution in [2.24, 2.45) is 0 Å². The monoisotopic (exact) mass is 368 g/mol. The summed E-state index contributed by atoms with van der Waals surface area (Å²) < 4.78 is 2.83. The largest absolute Gasteiger partial charge is 0.340 e. The normalized spacial score (nSPS) is 11.0. The van der Waals surface area contributed by atoms with Gasteiger partial charge in [0.1, 0.15) is 0 Å². The first-order chi connectivity index (χ1) is 10.6. The molecule has 1 amide bonds. The van der Waals surface area contributed by atoms with Gasteiger partial charge in [0.25, 0.3) is 0 Å². The number of benzene rings is 1. The molecule has 0 saturated carbocycles. The standard InChI is InChI=1S/C15H13ClN2OS3/c1-18(8-10-6-7-13(16)21-10)14(19)9-20-15-17-11-4-2-3-5-12(11)22-15/h2-7H,8-9H2,1H3. The Hall–Kier alpha value is -1.08. The summed E-state index contributed by atoms with van der Waals surface area (Å²) in [4.78, 5) is 19.5. The second kappa shape index (κ2) is 7.00. The molecular weight excluding hydrogens is 356 g/mol. The summed E-state index contributed by atoms with van der Waals surface area (Å²) in [7, 11) is 1.81. The summed E-state index contributed by atoms with van der Waals surface area (Å²) in [6.07, 6.45) is 0. The van der Waals surface area contributed by atoms with E-state index in [4.69, 9.17) is 11.6 Å². The predicted octanol–water partition coefficient (Wildman–Crippen LogP) is 4.76. The van der Waals surface area contributed by atoms with Gasteiger partial charge in [0.15, 0.2) is 4.34 Å². The summed E-state index contributed by atoms with van der Waals surface area (Å²) >= 11 is 10.5. The number of carbonyl (C=O) groups excluding carboxylic acids is 1. The maximum atomic E-state index is 12.2. The Balaban J connectivity index is 1.57. The number of rotatable bonds is 5. The Morgan fingerprint density at radius 1 is 1.27 bits per heavy atom. The maximum absolute atomic E-state index is 12.2. The maximum Gasteiger partial charge on any atom is 0.233 e. The second-order valence-electron chi connectivity index (χ2n) is 4.69. The van der Waals surface area contributed by atoms with Crippen LogP contribution in [0.1, 0.15) is 4.88 Å². The van der Waals surface area contributed by atoms with Crippen LogP contribution in [0.2, 0.25) is 4.34 Å². The van der Waals surface area contributed by atoms with Crippen molar-refractivity contribution in [2.45, 2.75) is 10.9 Å². The first-order valence-electron chi connectivity index (χ1n) is 6.58. The minimum atomic E-state index is 0.0915. The average Bonchev–Trinajstić information content (AvgIpc) is 3.10. The number of thiazole rings is 1. The van der Waals surface area contributed by atoms with Crippen molar-refractivity contribution in [1.82, 2.24) is 9.88 Å². The highest BCUT2D eigenvalue weighted by Gasteiger charge is 2.12. The number of amides is 1. The van der Waals surface area contributed by atoms with Crippen LogP contribution < -0.4 is 0 Å². The molecule has 0 N–H and O–H groups in total. The molecule has 2 heterocycles. The summed E-state index contributed by atoms with van der Waals surface area (Å²) in [6.45, 7) is 0.594. The first-order valence-corrected chi connectivity index (χ1v) is 9.58. The third-order valence-corrected chi connectivity index (χ3v) is 6.42. The fourth-order valence-electron chi connectivity index (χ4n) is 1.91. The Kier molecular flexibility index (Phi) is 5.03. The summed E-state index contributed by atoms with van der Waals surface area (Å²) in [5.41, 5.74) is 0.990. The lowest BCUT2D eigenvalue weighted by molar-refractivity contribution is -0.127. The van der Waals surface area contributed by atoms with E-state index >= 15 is 0 Å². The van der Waals surface area contributed by atoms with E-state index in [0.717, 1.165) is 23.8 Å². The average molecular weight is 369 g/mol. The van der Waals surface area contributed by atoms with Gasteiger partial charge in [-0.3, -0.25) is 4.79 Å². The van der Waals surface area contributed by atoms with E-state index in [9.17, 15) is 4.79 Å². The Bertz CT molecular complexity index is 766. The van der Waals surface area contributed by atoms with Crippen molar-refractivity contribution >= 4 is 62.2 Å². The molecule has 0 unspecified atom stereocenters. The number of nitrogens with zero attached hydrogens (tertiary/aromatic N) is 2. The van der Waals surface area contributed by atoms with Gasteiger partial charge in [0.2, 0.25) is 5.91 Å². The van der Waals surface area contributed by atoms with Crippen LogP contribution >= 0.6 is 46.0 Å². The fraction of sp³-hybridized carbons (Fsp3) is 0.200. The van der Waals surface area contributed by atoms with Crippen LogP contribution in [0.25, 0.3) is 10.2 Å². The van der Waals surface area contributed by atoms with Gasteiger partial charge < -0.3 is 4.90 Å². The van der Waals surface area contributed by atoms with E-state index in [1.165, 1.54) is 23.1 Å². The van der Waals surface area contributed by atoms with Crippen LogP contribution in [-0.4, -0.2) is 28.6 Å². The first kappa shape index (κ1) is 15.8. The van der Waals surface area contributed by atoms with Gasteiger partial charge in [-0.25, -0.2) is 4.98 Å². The summed E-state index contributed by atoms with van der Waals surface area (Å²) in [6, 6.07) is 11.8.